The molecule has 0 saturated carbocycles. The van der Waals surface area contributed by atoms with E-state index in [-0.39, 0.29) is 35.9 Å². The summed E-state index contributed by atoms with van der Waals surface area (Å²) in [5, 5.41) is 12.8. The van der Waals surface area contributed by atoms with Crippen LogP contribution in [0.4, 0.5) is 0 Å². The number of aryl methyl sites for hydroxylation is 1. The number of benzene rings is 3. The van der Waals surface area contributed by atoms with Gasteiger partial charge in [0, 0.05) is 7.05 Å². The molecular formula is C26H22N4O6. The van der Waals surface area contributed by atoms with E-state index >= 15 is 0 Å². The van der Waals surface area contributed by atoms with E-state index < -0.39 is 23.3 Å². The Hall–Kier alpha value is -4.70. The van der Waals surface area contributed by atoms with Crippen molar-refractivity contribution >= 4 is 27.9 Å². The summed E-state index contributed by atoms with van der Waals surface area (Å²) in [5.74, 6) is -0.130. The summed E-state index contributed by atoms with van der Waals surface area (Å²) >= 11 is 0. The molecule has 2 N–H and O–H groups in total. The minimum atomic E-state index is -1.10. The van der Waals surface area contributed by atoms with E-state index in [2.05, 4.69) is 9.97 Å². The number of nitrogens with zero attached hydrogens (tertiary/aromatic N) is 3. The molecule has 0 aliphatic rings. The lowest BCUT2D eigenvalue weighted by atomic mass is 10.1. The van der Waals surface area contributed by atoms with E-state index in [0.29, 0.717) is 5.75 Å². The quantitative estimate of drug-likeness (QED) is 0.338. The molecule has 0 unspecified atom stereocenters. The smallest absolute Gasteiger partial charge is 0.345 e. The van der Waals surface area contributed by atoms with Crippen LogP contribution >= 0.6 is 0 Å². The standard InChI is InChI=1S/C26H22N4O6/c1-29-22-21(23(32)28-25(29)34)30(26(27-22)36-24(33)17-8-3-2-4-9-17)14-19(31)15-35-20-12-11-16-7-5-6-10-18(16)13-20/h2-13,19,31H,14-15H2,1H3,(H,28,32,34)/t19-/m1/s1. The van der Waals surface area contributed by atoms with Crippen LogP contribution in [0.3, 0.4) is 0 Å². The van der Waals surface area contributed by atoms with Crippen molar-refractivity contribution < 1.29 is 19.4 Å². The van der Waals surface area contributed by atoms with E-state index in [4.69, 9.17) is 9.47 Å². The Morgan fingerprint density at radius 3 is 2.53 bits per heavy atom. The molecule has 0 bridgehead atoms. The fourth-order valence-electron chi connectivity index (χ4n) is 3.89. The lowest BCUT2D eigenvalue weighted by Crippen LogP contribution is -2.30. The van der Waals surface area contributed by atoms with Gasteiger partial charge in [0.05, 0.1) is 12.1 Å². The highest BCUT2D eigenvalue weighted by molar-refractivity contribution is 5.91. The van der Waals surface area contributed by atoms with Gasteiger partial charge in [0.1, 0.15) is 18.5 Å². The van der Waals surface area contributed by atoms with E-state index in [1.165, 1.54) is 11.6 Å². The number of carbonyl (C=O) groups excluding carboxylic acids is 1. The maximum Gasteiger partial charge on any atom is 0.345 e. The number of imidazole rings is 1. The van der Waals surface area contributed by atoms with E-state index in [1.807, 2.05) is 36.4 Å². The Bertz CT molecular complexity index is 1690. The summed E-state index contributed by atoms with van der Waals surface area (Å²) in [6, 6.07) is 21.4. The molecule has 0 spiro atoms. The topological polar surface area (TPSA) is 128 Å². The first-order chi connectivity index (χ1) is 17.4. The molecule has 10 nitrogen and oxygen atoms in total. The van der Waals surface area contributed by atoms with Gasteiger partial charge in [0.2, 0.25) is 0 Å². The third-order valence-electron chi connectivity index (χ3n) is 5.72. The molecule has 5 rings (SSSR count). The molecule has 0 saturated heterocycles. The van der Waals surface area contributed by atoms with Crippen LogP contribution in [-0.4, -0.2) is 42.9 Å². The van der Waals surface area contributed by atoms with E-state index in [1.54, 1.807) is 36.4 Å². The Morgan fingerprint density at radius 1 is 1.03 bits per heavy atom. The predicted molar refractivity (Wildman–Crippen MR) is 132 cm³/mol. The van der Waals surface area contributed by atoms with Gasteiger partial charge in [-0.2, -0.15) is 4.98 Å². The summed E-state index contributed by atoms with van der Waals surface area (Å²) in [6.45, 7) is -0.281. The molecule has 0 amide bonds. The average Bonchev–Trinajstić information content (AvgIpc) is 3.24. The van der Waals surface area contributed by atoms with Crippen LogP contribution in [0, 0.1) is 0 Å². The number of ether oxygens (including phenoxy) is 2. The van der Waals surface area contributed by atoms with Crippen molar-refractivity contribution in [1.29, 1.82) is 0 Å². The van der Waals surface area contributed by atoms with Crippen LogP contribution in [0.1, 0.15) is 10.4 Å². The number of fused-ring (bicyclic) bond motifs is 2. The highest BCUT2D eigenvalue weighted by atomic mass is 16.6. The van der Waals surface area contributed by atoms with Crippen LogP contribution in [-0.2, 0) is 13.6 Å². The lowest BCUT2D eigenvalue weighted by Gasteiger charge is -2.15. The highest BCUT2D eigenvalue weighted by Gasteiger charge is 2.23. The summed E-state index contributed by atoms with van der Waals surface area (Å²) in [4.78, 5) is 43.8. The van der Waals surface area contributed by atoms with Crippen LogP contribution in [0.15, 0.2) is 82.4 Å². The van der Waals surface area contributed by atoms with Crippen molar-refractivity contribution in [1.82, 2.24) is 19.1 Å². The molecule has 36 heavy (non-hydrogen) atoms. The summed E-state index contributed by atoms with van der Waals surface area (Å²) < 4.78 is 13.6. The van der Waals surface area contributed by atoms with Gasteiger partial charge < -0.3 is 14.6 Å². The normalized spacial score (nSPS) is 12.1. The molecule has 0 fully saturated rings. The largest absolute Gasteiger partial charge is 0.491 e. The molecular weight excluding hydrogens is 464 g/mol. The van der Waals surface area contributed by atoms with E-state index in [9.17, 15) is 19.5 Å². The second-order valence-corrected chi connectivity index (χ2v) is 8.22. The van der Waals surface area contributed by atoms with Crippen molar-refractivity contribution in [2.75, 3.05) is 6.61 Å². The Kier molecular flexibility index (Phi) is 6.09. The molecule has 3 aromatic carbocycles. The number of carbonyl (C=O) groups is 1. The number of nitrogens with one attached hydrogen (secondary N) is 1. The summed E-state index contributed by atoms with van der Waals surface area (Å²) in [5.41, 5.74) is -1.11. The monoisotopic (exact) mass is 486 g/mol. The van der Waals surface area contributed by atoms with Crippen LogP contribution in [0.5, 0.6) is 11.8 Å². The highest BCUT2D eigenvalue weighted by Crippen LogP contribution is 2.22. The molecule has 1 atom stereocenters. The second-order valence-electron chi connectivity index (χ2n) is 8.22. The SMILES string of the molecule is Cn1c(=O)[nH]c(=O)c2c1nc(OC(=O)c1ccccc1)n2C[C@@H](O)COc1ccc2ccccc2c1. The average molecular weight is 486 g/mol. The van der Waals surface area contributed by atoms with Crippen molar-refractivity contribution in [2.24, 2.45) is 7.05 Å². The Labute approximate surface area is 204 Å². The van der Waals surface area contributed by atoms with Crippen LogP contribution in [0.25, 0.3) is 21.9 Å². The number of hydrogen-bond donors (Lipinski definition) is 2. The zero-order chi connectivity index (χ0) is 25.2. The number of esters is 1. The lowest BCUT2D eigenvalue weighted by molar-refractivity contribution is 0.0684. The summed E-state index contributed by atoms with van der Waals surface area (Å²) in [6.07, 6.45) is -1.10. The molecule has 2 aromatic heterocycles. The first-order valence-corrected chi connectivity index (χ1v) is 11.2. The fraction of sp³-hybridized carbons (Fsp3) is 0.154. The first-order valence-electron chi connectivity index (χ1n) is 11.2. The molecule has 0 aliphatic heterocycles. The second kappa shape index (κ2) is 9.51. The number of aromatic amines is 1. The van der Waals surface area contributed by atoms with Gasteiger partial charge in [-0.15, -0.1) is 0 Å². The van der Waals surface area contributed by atoms with Gasteiger partial charge in [0.25, 0.3) is 5.56 Å². The molecule has 182 valence electrons. The minimum absolute atomic E-state index is 0.0160. The Balaban J connectivity index is 1.43. The van der Waals surface area contributed by atoms with Gasteiger partial charge in [-0.25, -0.2) is 9.59 Å². The van der Waals surface area contributed by atoms with Crippen LogP contribution in [0.2, 0.25) is 0 Å². The number of hydrogen-bond acceptors (Lipinski definition) is 7. The zero-order valence-electron chi connectivity index (χ0n) is 19.2. The predicted octanol–water partition coefficient (Wildman–Crippen LogP) is 2.24. The molecule has 0 radical (unpaired) electrons. The number of aliphatic hydroxyl groups excluding tert-OH is 1. The number of aliphatic hydroxyl groups is 1. The van der Waals surface area contributed by atoms with Crippen LogP contribution < -0.4 is 20.7 Å². The van der Waals surface area contributed by atoms with Gasteiger partial charge in [-0.05, 0) is 35.0 Å². The van der Waals surface area contributed by atoms with Crippen molar-refractivity contribution in [2.45, 2.75) is 12.6 Å². The van der Waals surface area contributed by atoms with Gasteiger partial charge >= 0.3 is 17.7 Å². The molecule has 0 aliphatic carbocycles. The Morgan fingerprint density at radius 2 is 1.75 bits per heavy atom. The fourth-order valence-corrected chi connectivity index (χ4v) is 3.89. The maximum absolute atomic E-state index is 12.7. The molecule has 5 aromatic rings. The van der Waals surface area contributed by atoms with Crippen molar-refractivity contribution in [3.05, 3.63) is 99.2 Å². The molecule has 2 heterocycles. The third-order valence-corrected chi connectivity index (χ3v) is 5.72. The van der Waals surface area contributed by atoms with Gasteiger partial charge in [-0.1, -0.05) is 48.5 Å². The van der Waals surface area contributed by atoms with E-state index in [0.717, 1.165) is 15.3 Å². The zero-order valence-corrected chi connectivity index (χ0v) is 19.2. The molecule has 10 heteroatoms. The number of H-pyrrole nitrogens is 1. The first kappa shape index (κ1) is 23.1. The van der Waals surface area contributed by atoms with Gasteiger partial charge in [0.15, 0.2) is 11.2 Å². The maximum atomic E-state index is 12.7. The third kappa shape index (κ3) is 4.49. The minimum Gasteiger partial charge on any atom is -0.491 e. The van der Waals surface area contributed by atoms with Gasteiger partial charge in [-0.3, -0.25) is 18.9 Å². The summed E-state index contributed by atoms with van der Waals surface area (Å²) in [7, 11) is 1.43. The van der Waals surface area contributed by atoms with Crippen molar-refractivity contribution in [3.63, 3.8) is 0 Å². The number of rotatable bonds is 7. The van der Waals surface area contributed by atoms with Crippen molar-refractivity contribution in [3.8, 4) is 11.8 Å². The number of aromatic nitrogens is 4.